The number of hydrogen-bond acceptors (Lipinski definition) is 4. The van der Waals surface area contributed by atoms with E-state index in [1.807, 2.05) is 0 Å². The summed E-state index contributed by atoms with van der Waals surface area (Å²) < 4.78 is 9.35. The van der Waals surface area contributed by atoms with Crippen molar-refractivity contribution in [1.29, 1.82) is 0 Å². The van der Waals surface area contributed by atoms with Crippen molar-refractivity contribution in [3.8, 4) is 28.4 Å². The molecule has 10 aliphatic carbocycles. The van der Waals surface area contributed by atoms with Crippen molar-refractivity contribution in [2.24, 2.45) is 17.8 Å². The van der Waals surface area contributed by atoms with Crippen LogP contribution in [0.5, 0.6) is 11.5 Å². The van der Waals surface area contributed by atoms with Gasteiger partial charge >= 0.3 is 0 Å². The second kappa shape index (κ2) is 18.9. The van der Waals surface area contributed by atoms with Crippen molar-refractivity contribution in [3.63, 3.8) is 0 Å². The largest absolute Gasteiger partial charge is 0.457 e. The second-order valence-electron chi connectivity index (χ2n) is 29.8. The number of aromatic nitrogens is 2. The summed E-state index contributed by atoms with van der Waals surface area (Å²) in [6.07, 6.45) is 10.7. The average molecular weight is 1150 g/mol. The van der Waals surface area contributed by atoms with Gasteiger partial charge in [0.1, 0.15) is 24.0 Å². The van der Waals surface area contributed by atoms with Crippen molar-refractivity contribution < 1.29 is 4.74 Å². The van der Waals surface area contributed by atoms with E-state index in [-0.39, 0.29) is 34.5 Å². The highest BCUT2D eigenvalue weighted by Crippen LogP contribution is 2.67. The monoisotopic (exact) mass is 1140 g/mol. The quantitative estimate of drug-likeness (QED) is 0.159. The van der Waals surface area contributed by atoms with Gasteiger partial charge in [0.25, 0.3) is 0 Å². The summed E-state index contributed by atoms with van der Waals surface area (Å²) in [7, 11) is 0. The molecular formula is C83H76N4O. The predicted molar refractivity (Wildman–Crippen MR) is 361 cm³/mol. The third-order valence-electron chi connectivity index (χ3n) is 22.5. The van der Waals surface area contributed by atoms with Gasteiger partial charge in [-0.2, -0.15) is 0 Å². The Bertz CT molecular complexity index is 4620. The predicted octanol–water partition coefficient (Wildman–Crippen LogP) is 21.1. The second-order valence-corrected chi connectivity index (χ2v) is 29.8. The SMILES string of the molecule is Cc1cc(-n2c3ccccc3c3ccc(Oc4cccc(N5CN(c6cc(C(C)(C)C)cc7c6C6c8cc(C(C)(C)C)ccc8C7C7c8ccccc8C6c6ccccc67)c6ccccc65)c4)cc32)ncc1-c1ccc(C23CC4CC(CC(C4)C2)C3)cc1. The highest BCUT2D eigenvalue weighted by atomic mass is 16.5. The Hall–Kier alpha value is -8.67. The Morgan fingerprint density at radius 2 is 1.03 bits per heavy atom. The molecule has 9 aromatic carbocycles. The van der Waals surface area contributed by atoms with Gasteiger partial charge in [-0.15, -0.1) is 0 Å². The first-order valence-corrected chi connectivity index (χ1v) is 32.7. The number of ether oxygens (including phenoxy) is 1. The van der Waals surface area contributed by atoms with E-state index in [0.717, 1.165) is 51.8 Å². The summed E-state index contributed by atoms with van der Waals surface area (Å²) >= 11 is 0. The molecule has 0 N–H and O–H groups in total. The van der Waals surface area contributed by atoms with Crippen LogP contribution >= 0.6 is 0 Å². The van der Waals surface area contributed by atoms with Gasteiger partial charge in [0.2, 0.25) is 0 Å². The molecule has 4 saturated carbocycles. The average Bonchev–Trinajstić information content (AvgIpc) is 0.716. The first-order chi connectivity index (χ1) is 42.7. The summed E-state index contributed by atoms with van der Waals surface area (Å²) in [6, 6.07) is 76.8. The van der Waals surface area contributed by atoms with E-state index in [4.69, 9.17) is 9.72 Å². The third kappa shape index (κ3) is 7.87. The molecule has 5 nitrogen and oxygen atoms in total. The zero-order valence-corrected chi connectivity index (χ0v) is 51.8. The zero-order valence-electron chi connectivity index (χ0n) is 51.8. The van der Waals surface area contributed by atoms with Crippen LogP contribution in [0.1, 0.15) is 171 Å². The molecule has 22 rings (SSSR count). The Kier molecular flexibility index (Phi) is 11.3. The van der Waals surface area contributed by atoms with Gasteiger partial charge in [0, 0.05) is 69.7 Å². The number of para-hydroxylation sites is 3. The summed E-state index contributed by atoms with van der Waals surface area (Å²) in [5.41, 5.74) is 27.2. The molecule has 0 spiro atoms. The molecule has 0 amide bonds. The maximum atomic E-state index is 7.03. The maximum absolute atomic E-state index is 7.03. The van der Waals surface area contributed by atoms with Crippen molar-refractivity contribution in [3.05, 3.63) is 273 Å². The molecule has 434 valence electrons. The summed E-state index contributed by atoms with van der Waals surface area (Å²) in [6.45, 7) is 17.2. The molecule has 0 saturated heterocycles. The normalized spacial score (nSPS) is 23.4. The number of anilines is 4. The molecule has 2 aromatic heterocycles. The van der Waals surface area contributed by atoms with Crippen LogP contribution in [0.4, 0.5) is 22.7 Å². The van der Waals surface area contributed by atoms with E-state index in [0.29, 0.717) is 12.1 Å². The highest BCUT2D eigenvalue weighted by Gasteiger charge is 2.53. The van der Waals surface area contributed by atoms with Gasteiger partial charge in [-0.1, -0.05) is 175 Å². The van der Waals surface area contributed by atoms with Gasteiger partial charge < -0.3 is 14.5 Å². The molecular weight excluding hydrogens is 1070 g/mol. The number of benzene rings is 9. The Balaban J connectivity index is 0.703. The third-order valence-corrected chi connectivity index (χ3v) is 22.5. The van der Waals surface area contributed by atoms with E-state index in [1.54, 1.807) is 5.56 Å². The molecule has 2 atom stereocenters. The lowest BCUT2D eigenvalue weighted by Crippen LogP contribution is -2.48. The van der Waals surface area contributed by atoms with Crippen LogP contribution in [0.25, 0.3) is 38.8 Å². The zero-order chi connectivity index (χ0) is 59.1. The number of aryl methyl sites for hydroxylation is 1. The number of nitrogens with zero attached hydrogens (tertiary/aromatic N) is 4. The Labute approximate surface area is 518 Å². The van der Waals surface area contributed by atoms with Crippen molar-refractivity contribution in [2.45, 2.75) is 127 Å². The minimum Gasteiger partial charge on any atom is -0.457 e. The molecule has 0 radical (unpaired) electrons. The molecule has 88 heavy (non-hydrogen) atoms. The van der Waals surface area contributed by atoms with E-state index in [2.05, 4.69) is 269 Å². The maximum Gasteiger partial charge on any atom is 0.137 e. The minimum atomic E-state index is -0.0957. The van der Waals surface area contributed by atoms with Crippen molar-refractivity contribution in [2.75, 3.05) is 16.5 Å². The Morgan fingerprint density at radius 1 is 0.455 bits per heavy atom. The number of hydrogen-bond donors (Lipinski definition) is 0. The summed E-state index contributed by atoms with van der Waals surface area (Å²) in [5, 5.41) is 2.37. The smallest absolute Gasteiger partial charge is 0.137 e. The van der Waals surface area contributed by atoms with Crippen molar-refractivity contribution >= 4 is 44.6 Å². The van der Waals surface area contributed by atoms with Crippen LogP contribution in [-0.2, 0) is 16.2 Å². The van der Waals surface area contributed by atoms with Crippen LogP contribution in [0.3, 0.4) is 0 Å². The lowest BCUT2D eigenvalue weighted by Gasteiger charge is -2.57. The lowest BCUT2D eigenvalue weighted by molar-refractivity contribution is -0.00518. The molecule has 2 unspecified atom stereocenters. The minimum absolute atomic E-state index is 0.00239. The molecule has 3 heterocycles. The van der Waals surface area contributed by atoms with Crippen LogP contribution in [-0.4, -0.2) is 16.2 Å². The van der Waals surface area contributed by atoms with Crippen molar-refractivity contribution in [1.82, 2.24) is 9.55 Å². The van der Waals surface area contributed by atoms with E-state index in [9.17, 15) is 0 Å². The molecule has 11 aromatic rings. The highest BCUT2D eigenvalue weighted by molar-refractivity contribution is 6.09. The first-order valence-electron chi connectivity index (χ1n) is 32.7. The van der Waals surface area contributed by atoms with Crippen LogP contribution in [0, 0.1) is 24.7 Å². The topological polar surface area (TPSA) is 33.5 Å². The fourth-order valence-electron chi connectivity index (χ4n) is 18.9. The fourth-order valence-corrected chi connectivity index (χ4v) is 18.9. The standard InChI is InChI=1S/C83H76N4O/c1-49-35-75(84-47-69(49)53-27-29-54(30-28-53)83-44-50-36-51(45-83)38-52(37-50)46-83)87-70-24-13-12-19-60(70)61-34-32-59(43-73(61)87)88-58-18-16-17-57(42-58)85-48-86(72-26-15-14-25-71(72)85)74-41-56(82(5,6)7)40-68-78-66-33-31-55(81(2,3)4)39-67(66)80(79(68)74)77-64-22-10-8-20-62(64)76(78)63-21-9-11-23-65(63)77/h8-35,39-43,47,50-52,76-78,80H,36-38,44-46,48H2,1-7H3. The number of pyridine rings is 1. The van der Waals surface area contributed by atoms with E-state index < -0.39 is 0 Å². The van der Waals surface area contributed by atoms with Crippen LogP contribution < -0.4 is 14.5 Å². The number of rotatable bonds is 7. The molecule has 4 fully saturated rings. The van der Waals surface area contributed by atoms with Gasteiger partial charge in [0.15, 0.2) is 0 Å². The van der Waals surface area contributed by atoms with Gasteiger partial charge in [-0.05, 0) is 206 Å². The first kappa shape index (κ1) is 52.5. The van der Waals surface area contributed by atoms with Crippen LogP contribution in [0.2, 0.25) is 0 Å². The summed E-state index contributed by atoms with van der Waals surface area (Å²) in [4.78, 5) is 10.4. The van der Waals surface area contributed by atoms with Gasteiger partial charge in [-0.25, -0.2) is 4.98 Å². The van der Waals surface area contributed by atoms with Crippen LogP contribution in [0.15, 0.2) is 206 Å². The molecule has 11 aliphatic rings. The molecule has 1 aliphatic heterocycles. The van der Waals surface area contributed by atoms with Gasteiger partial charge in [-0.3, -0.25) is 4.57 Å². The summed E-state index contributed by atoms with van der Waals surface area (Å²) in [5.74, 6) is 5.82. The molecule has 5 heteroatoms. The number of fused-ring (bicyclic) bond motifs is 4. The molecule has 8 bridgehead atoms. The van der Waals surface area contributed by atoms with Gasteiger partial charge in [0.05, 0.1) is 22.4 Å². The Morgan fingerprint density at radius 3 is 1.70 bits per heavy atom. The fraction of sp³-hybridized carbons (Fsp3) is 0.289. The van der Waals surface area contributed by atoms with E-state index >= 15 is 0 Å². The lowest BCUT2D eigenvalue weighted by atomic mass is 9.48. The van der Waals surface area contributed by atoms with E-state index in [1.165, 1.54) is 139 Å².